The predicted molar refractivity (Wildman–Crippen MR) is 83.8 cm³/mol. The maximum absolute atomic E-state index is 6.18. The van der Waals surface area contributed by atoms with Gasteiger partial charge in [0.25, 0.3) is 0 Å². The molecule has 1 aliphatic rings. The lowest BCUT2D eigenvalue weighted by Crippen LogP contribution is -2.19. The molecular weight excluding hydrogens is 250 g/mol. The second-order valence-electron chi connectivity index (χ2n) is 5.24. The number of nitrogens with one attached hydrogen (secondary N) is 1. The summed E-state index contributed by atoms with van der Waals surface area (Å²) in [6.07, 6.45) is 5.43. The van der Waals surface area contributed by atoms with Crippen molar-refractivity contribution in [3.8, 4) is 0 Å². The van der Waals surface area contributed by atoms with Crippen LogP contribution in [0.3, 0.4) is 0 Å². The number of nitrogens with zero attached hydrogens (tertiary/aromatic N) is 1. The number of anilines is 1. The lowest BCUT2D eigenvalue weighted by atomic mass is 9.99. The van der Waals surface area contributed by atoms with Crippen molar-refractivity contribution in [1.82, 2.24) is 5.06 Å². The first-order valence-corrected chi connectivity index (χ1v) is 7.38. The van der Waals surface area contributed by atoms with E-state index in [4.69, 9.17) is 10.6 Å². The largest absolute Gasteiger partial charge is 0.397 e. The molecule has 0 aromatic heterocycles. The highest BCUT2D eigenvalue weighted by atomic mass is 16.7. The Hall–Kier alpha value is -1.68. The van der Waals surface area contributed by atoms with E-state index in [9.17, 15) is 0 Å². The molecule has 0 spiro atoms. The Morgan fingerprint density at radius 2 is 2.35 bits per heavy atom. The van der Waals surface area contributed by atoms with Gasteiger partial charge in [0.15, 0.2) is 0 Å². The minimum atomic E-state index is 0.733. The van der Waals surface area contributed by atoms with Gasteiger partial charge in [-0.2, -0.15) is 0 Å². The van der Waals surface area contributed by atoms with E-state index >= 15 is 0 Å². The lowest BCUT2D eigenvalue weighted by Gasteiger charge is -2.18. The molecule has 110 valence electrons. The molecule has 1 atom stereocenters. The van der Waals surface area contributed by atoms with Crippen LogP contribution in [0.1, 0.15) is 31.7 Å². The molecule has 1 aromatic carbocycles. The fraction of sp³-hybridized carbons (Fsp3) is 0.500. The van der Waals surface area contributed by atoms with E-state index in [1.165, 1.54) is 6.42 Å². The molecule has 1 unspecified atom stereocenters. The lowest BCUT2D eigenvalue weighted by molar-refractivity contribution is -0.111. The predicted octanol–water partition coefficient (Wildman–Crippen LogP) is 3.04. The zero-order valence-corrected chi connectivity index (χ0v) is 12.4. The summed E-state index contributed by atoms with van der Waals surface area (Å²) < 4.78 is 0. The van der Waals surface area contributed by atoms with Crippen molar-refractivity contribution in [2.24, 2.45) is 11.7 Å². The molecule has 4 heteroatoms. The van der Waals surface area contributed by atoms with Crippen LogP contribution in [-0.2, 0) is 4.84 Å². The summed E-state index contributed by atoms with van der Waals surface area (Å²) in [5, 5.41) is 5.01. The maximum atomic E-state index is 6.18. The Morgan fingerprint density at radius 3 is 3.10 bits per heavy atom. The minimum Gasteiger partial charge on any atom is -0.397 e. The van der Waals surface area contributed by atoms with E-state index in [1.54, 1.807) is 0 Å². The van der Waals surface area contributed by atoms with E-state index in [1.807, 2.05) is 42.6 Å². The fourth-order valence-electron chi connectivity index (χ4n) is 2.45. The first-order chi connectivity index (χ1) is 9.72. The van der Waals surface area contributed by atoms with Gasteiger partial charge in [0.2, 0.25) is 0 Å². The van der Waals surface area contributed by atoms with Gasteiger partial charge in [-0.3, -0.25) is 9.90 Å². The molecule has 0 radical (unpaired) electrons. The molecule has 1 aliphatic heterocycles. The molecular formula is C16H25N3O. The third kappa shape index (κ3) is 3.90. The first-order valence-electron chi connectivity index (χ1n) is 7.38. The minimum absolute atomic E-state index is 0.733. The fourth-order valence-corrected chi connectivity index (χ4v) is 2.45. The van der Waals surface area contributed by atoms with E-state index < -0.39 is 0 Å². The number of nitrogens with two attached hydrogens (primary N) is 1. The van der Waals surface area contributed by atoms with Crippen LogP contribution in [0, 0.1) is 5.92 Å². The topological polar surface area (TPSA) is 50.5 Å². The van der Waals surface area contributed by atoms with Crippen LogP contribution in [0.2, 0.25) is 0 Å². The van der Waals surface area contributed by atoms with Gasteiger partial charge in [0.1, 0.15) is 0 Å². The van der Waals surface area contributed by atoms with Crippen LogP contribution in [-0.4, -0.2) is 25.3 Å². The molecule has 2 rings (SSSR count). The van der Waals surface area contributed by atoms with Gasteiger partial charge in [0, 0.05) is 24.8 Å². The maximum Gasteiger partial charge on any atom is 0.0751 e. The van der Waals surface area contributed by atoms with Gasteiger partial charge in [-0.15, -0.1) is 0 Å². The number of hydrogen-bond donors (Lipinski definition) is 2. The van der Waals surface area contributed by atoms with Gasteiger partial charge in [0.05, 0.1) is 18.5 Å². The Bertz CT molecular complexity index is 459. The second kappa shape index (κ2) is 7.20. The molecule has 0 amide bonds. The number of hydrogen-bond acceptors (Lipinski definition) is 4. The van der Waals surface area contributed by atoms with Crippen LogP contribution in [0.25, 0.3) is 5.70 Å². The monoisotopic (exact) mass is 275 g/mol. The van der Waals surface area contributed by atoms with Gasteiger partial charge in [-0.25, -0.2) is 0 Å². The van der Waals surface area contributed by atoms with Crippen molar-refractivity contribution in [2.45, 2.75) is 26.2 Å². The zero-order valence-electron chi connectivity index (χ0n) is 12.4. The van der Waals surface area contributed by atoms with E-state index in [2.05, 4.69) is 12.2 Å². The Morgan fingerprint density at radius 1 is 1.50 bits per heavy atom. The quantitative estimate of drug-likeness (QED) is 0.887. The molecule has 0 saturated carbocycles. The SMILES string of the molecule is CCC1CCON(/C=C(\N)c2cccc(NC)c2)CC1. The summed E-state index contributed by atoms with van der Waals surface area (Å²) in [5.74, 6) is 0.766. The molecule has 0 aliphatic carbocycles. The molecule has 1 fully saturated rings. The highest BCUT2D eigenvalue weighted by molar-refractivity contribution is 5.66. The van der Waals surface area contributed by atoms with Crippen LogP contribution in [0.15, 0.2) is 30.5 Å². The van der Waals surface area contributed by atoms with Crippen molar-refractivity contribution in [1.29, 1.82) is 0 Å². The second-order valence-corrected chi connectivity index (χ2v) is 5.24. The summed E-state index contributed by atoms with van der Waals surface area (Å²) in [7, 11) is 1.90. The molecule has 3 N–H and O–H groups in total. The van der Waals surface area contributed by atoms with Crippen LogP contribution in [0.4, 0.5) is 5.69 Å². The molecule has 1 aromatic rings. The first kappa shape index (κ1) is 14.7. The van der Waals surface area contributed by atoms with Crippen LogP contribution < -0.4 is 11.1 Å². The van der Waals surface area contributed by atoms with Crippen molar-refractivity contribution < 1.29 is 4.84 Å². The summed E-state index contributed by atoms with van der Waals surface area (Å²) in [4.78, 5) is 5.75. The number of hydroxylamine groups is 2. The van der Waals surface area contributed by atoms with E-state index in [0.29, 0.717) is 0 Å². The molecule has 0 bridgehead atoms. The van der Waals surface area contributed by atoms with Crippen molar-refractivity contribution in [3.05, 3.63) is 36.0 Å². The normalized spacial score (nSPS) is 20.6. The van der Waals surface area contributed by atoms with Crippen molar-refractivity contribution in [3.63, 3.8) is 0 Å². The summed E-state index contributed by atoms with van der Waals surface area (Å²) >= 11 is 0. The standard InChI is InChI=1S/C16H25N3O/c1-3-13-7-9-19(20-10-8-13)12-16(17)14-5-4-6-15(11-14)18-2/h4-6,11-13,18H,3,7-10,17H2,1-2H3/b16-12-. The third-order valence-electron chi connectivity index (χ3n) is 3.89. The highest BCUT2D eigenvalue weighted by Crippen LogP contribution is 2.20. The summed E-state index contributed by atoms with van der Waals surface area (Å²) in [5.41, 5.74) is 8.98. The smallest absolute Gasteiger partial charge is 0.0751 e. The van der Waals surface area contributed by atoms with Gasteiger partial charge >= 0.3 is 0 Å². The van der Waals surface area contributed by atoms with Crippen LogP contribution in [0.5, 0.6) is 0 Å². The third-order valence-corrected chi connectivity index (χ3v) is 3.89. The van der Waals surface area contributed by atoms with Crippen molar-refractivity contribution in [2.75, 3.05) is 25.5 Å². The molecule has 1 heterocycles. The average molecular weight is 275 g/mol. The Kier molecular flexibility index (Phi) is 5.30. The van der Waals surface area contributed by atoms with Gasteiger partial charge < -0.3 is 11.1 Å². The number of rotatable bonds is 4. The van der Waals surface area contributed by atoms with E-state index in [-0.39, 0.29) is 0 Å². The van der Waals surface area contributed by atoms with Gasteiger partial charge in [-0.05, 0) is 30.9 Å². The summed E-state index contributed by atoms with van der Waals surface area (Å²) in [6, 6.07) is 8.07. The Balaban J connectivity index is 2.05. The van der Waals surface area contributed by atoms with Crippen molar-refractivity contribution >= 4 is 11.4 Å². The average Bonchev–Trinajstić information content (AvgIpc) is 2.72. The molecule has 1 saturated heterocycles. The van der Waals surface area contributed by atoms with Crippen LogP contribution >= 0.6 is 0 Å². The number of benzene rings is 1. The molecule has 20 heavy (non-hydrogen) atoms. The van der Waals surface area contributed by atoms with Gasteiger partial charge in [-0.1, -0.05) is 25.5 Å². The zero-order chi connectivity index (χ0) is 14.4. The summed E-state index contributed by atoms with van der Waals surface area (Å²) in [6.45, 7) is 3.93. The Labute approximate surface area is 121 Å². The van der Waals surface area contributed by atoms with E-state index in [0.717, 1.165) is 48.9 Å². The molecule has 4 nitrogen and oxygen atoms in total. The highest BCUT2D eigenvalue weighted by Gasteiger charge is 2.14.